The minimum atomic E-state index is -2.68. The third-order valence-corrected chi connectivity index (χ3v) is 7.24. The normalized spacial score (nSPS) is 29.0. The average Bonchev–Trinajstić information content (AvgIpc) is 2.77. The lowest BCUT2D eigenvalue weighted by atomic mass is 9.57. The molecule has 0 radical (unpaired) electrons. The molecule has 3 aliphatic rings. The number of halogens is 1. The van der Waals surface area contributed by atoms with Crippen LogP contribution >= 0.6 is 0 Å². The van der Waals surface area contributed by atoms with E-state index in [0.717, 1.165) is 0 Å². The highest BCUT2D eigenvalue weighted by Crippen LogP contribution is 2.53. The van der Waals surface area contributed by atoms with Crippen LogP contribution in [-0.2, 0) is 20.8 Å². The van der Waals surface area contributed by atoms with Crippen LogP contribution in [0.1, 0.15) is 24.5 Å². The summed E-state index contributed by atoms with van der Waals surface area (Å²) in [5.41, 5.74) is 2.40. The fraction of sp³-hybridized carbons (Fsp3) is 0.458. The van der Waals surface area contributed by atoms with Crippen LogP contribution in [0.5, 0.6) is 5.75 Å². The number of Topliss-reactive ketones (excluding diaryl/α,β-unsaturated/α-hetero) is 2. The Morgan fingerprint density at radius 2 is 1.94 bits per heavy atom. The van der Waals surface area contributed by atoms with Gasteiger partial charge in [0, 0.05) is 17.2 Å². The standard InChI is InChI=1S/C24H28FN3O7/c1-9(8-25)27-13-4-5-14(29)16-11(13)6-10-7-12-18(28(2)3)20(31)17(23(26)34)22(33)24(12,35)21(32)15(10)19(16)30/h4-5,9-10,12,18,27,29-30,33,35H,6-8H2,1-3H3,(H2,26,34). The third kappa shape index (κ3) is 3.41. The van der Waals surface area contributed by atoms with Gasteiger partial charge in [0.2, 0.25) is 5.78 Å². The van der Waals surface area contributed by atoms with E-state index in [1.54, 1.807) is 13.0 Å². The summed E-state index contributed by atoms with van der Waals surface area (Å²) in [5, 5.41) is 47.0. The Bertz CT molecular complexity index is 1210. The number of fused-ring (bicyclic) bond motifs is 3. The maximum Gasteiger partial charge on any atom is 0.255 e. The molecule has 0 heterocycles. The van der Waals surface area contributed by atoms with Gasteiger partial charge in [-0.15, -0.1) is 0 Å². The molecular weight excluding hydrogens is 461 g/mol. The van der Waals surface area contributed by atoms with E-state index < -0.39 is 70.8 Å². The molecule has 1 amide bonds. The number of primary amides is 1. The highest BCUT2D eigenvalue weighted by molar-refractivity contribution is 6.24. The molecule has 5 atom stereocenters. The van der Waals surface area contributed by atoms with Gasteiger partial charge in [-0.2, -0.15) is 0 Å². The lowest BCUT2D eigenvalue weighted by Crippen LogP contribution is -2.65. The predicted molar refractivity (Wildman–Crippen MR) is 123 cm³/mol. The SMILES string of the molecule is CC(CF)Nc1ccc(O)c2c1CC1CC3C(N(C)C)C(=O)C(C(N)=O)=C(O)C3(O)C(=O)C1=C2O. The van der Waals surface area contributed by atoms with Crippen molar-refractivity contribution in [3.63, 3.8) is 0 Å². The Labute approximate surface area is 200 Å². The van der Waals surface area contributed by atoms with Crippen molar-refractivity contribution in [1.29, 1.82) is 0 Å². The van der Waals surface area contributed by atoms with Crippen molar-refractivity contribution in [1.82, 2.24) is 4.90 Å². The highest BCUT2D eigenvalue weighted by atomic mass is 19.1. The van der Waals surface area contributed by atoms with E-state index in [-0.39, 0.29) is 29.7 Å². The second kappa shape index (κ2) is 8.35. The molecule has 3 aliphatic carbocycles. The molecule has 1 aromatic rings. The summed E-state index contributed by atoms with van der Waals surface area (Å²) in [6.07, 6.45) is 0.115. The van der Waals surface area contributed by atoms with Crippen LogP contribution in [0.3, 0.4) is 0 Å². The summed E-state index contributed by atoms with van der Waals surface area (Å²) < 4.78 is 13.1. The number of amides is 1. The molecule has 7 N–H and O–H groups in total. The number of benzene rings is 1. The molecule has 4 rings (SSSR count). The van der Waals surface area contributed by atoms with E-state index in [1.807, 2.05) is 0 Å². The van der Waals surface area contributed by atoms with E-state index >= 15 is 0 Å². The van der Waals surface area contributed by atoms with Gasteiger partial charge < -0.3 is 31.5 Å². The summed E-state index contributed by atoms with van der Waals surface area (Å²) in [6.45, 7) is 0.953. The van der Waals surface area contributed by atoms with Gasteiger partial charge in [-0.05, 0) is 57.5 Å². The van der Waals surface area contributed by atoms with E-state index in [4.69, 9.17) is 5.73 Å². The van der Waals surface area contributed by atoms with Crippen molar-refractivity contribution in [2.24, 2.45) is 17.6 Å². The topological polar surface area (TPSA) is 173 Å². The minimum absolute atomic E-state index is 0.0144. The molecule has 5 unspecified atom stereocenters. The first-order valence-corrected chi connectivity index (χ1v) is 11.2. The number of ketones is 2. The Morgan fingerprint density at radius 3 is 2.51 bits per heavy atom. The van der Waals surface area contributed by atoms with E-state index in [9.17, 15) is 39.2 Å². The third-order valence-electron chi connectivity index (χ3n) is 7.24. The number of nitrogens with one attached hydrogen (secondary N) is 1. The van der Waals surface area contributed by atoms with Crippen molar-refractivity contribution < 1.29 is 39.2 Å². The van der Waals surface area contributed by atoms with Crippen LogP contribution in [0.15, 0.2) is 29.0 Å². The quantitative estimate of drug-likeness (QED) is 0.257. The molecule has 0 aliphatic heterocycles. The van der Waals surface area contributed by atoms with Crippen LogP contribution < -0.4 is 11.1 Å². The number of nitrogens with zero attached hydrogens (tertiary/aromatic N) is 1. The van der Waals surface area contributed by atoms with Crippen LogP contribution in [0.4, 0.5) is 10.1 Å². The van der Waals surface area contributed by atoms with Crippen molar-refractivity contribution in [3.05, 3.63) is 40.2 Å². The maximum absolute atomic E-state index is 13.7. The van der Waals surface area contributed by atoms with Gasteiger partial charge in [0.15, 0.2) is 11.4 Å². The number of hydrogen-bond donors (Lipinski definition) is 6. The number of aliphatic hydroxyl groups is 3. The van der Waals surface area contributed by atoms with Crippen LogP contribution in [0.25, 0.3) is 5.76 Å². The number of likely N-dealkylation sites (N-methyl/N-ethyl adjacent to an activating group) is 1. The Hall–Kier alpha value is -3.44. The minimum Gasteiger partial charge on any atom is -0.508 e. The first-order valence-electron chi connectivity index (χ1n) is 11.2. The van der Waals surface area contributed by atoms with Gasteiger partial charge >= 0.3 is 0 Å². The second-order valence-corrected chi connectivity index (χ2v) is 9.65. The van der Waals surface area contributed by atoms with Gasteiger partial charge in [-0.25, -0.2) is 4.39 Å². The molecule has 0 aromatic heterocycles. The molecule has 0 bridgehead atoms. The number of rotatable bonds is 5. The van der Waals surface area contributed by atoms with E-state index in [0.29, 0.717) is 11.3 Å². The molecule has 35 heavy (non-hydrogen) atoms. The van der Waals surface area contributed by atoms with E-state index in [2.05, 4.69) is 5.32 Å². The average molecular weight is 490 g/mol. The summed E-state index contributed by atoms with van der Waals surface area (Å²) in [5.74, 6) is -7.07. The largest absolute Gasteiger partial charge is 0.508 e. The molecule has 11 heteroatoms. The number of aromatic hydroxyl groups is 1. The smallest absolute Gasteiger partial charge is 0.255 e. The summed E-state index contributed by atoms with van der Waals surface area (Å²) in [7, 11) is 3.07. The Kier molecular flexibility index (Phi) is 5.89. The zero-order valence-corrected chi connectivity index (χ0v) is 19.5. The Morgan fingerprint density at radius 1 is 1.29 bits per heavy atom. The lowest BCUT2D eigenvalue weighted by molar-refractivity contribution is -0.153. The lowest BCUT2D eigenvalue weighted by Gasteiger charge is -2.50. The van der Waals surface area contributed by atoms with E-state index in [1.165, 1.54) is 25.1 Å². The van der Waals surface area contributed by atoms with Crippen molar-refractivity contribution >= 4 is 28.9 Å². The van der Waals surface area contributed by atoms with Crippen LogP contribution in [0, 0.1) is 11.8 Å². The molecular formula is C24H28FN3O7. The summed E-state index contributed by atoms with van der Waals surface area (Å²) in [4.78, 5) is 40.2. The second-order valence-electron chi connectivity index (χ2n) is 9.65. The van der Waals surface area contributed by atoms with Crippen molar-refractivity contribution in [2.75, 3.05) is 26.1 Å². The fourth-order valence-corrected chi connectivity index (χ4v) is 5.68. The first kappa shape index (κ1) is 24.7. The van der Waals surface area contributed by atoms with Gasteiger partial charge in [-0.1, -0.05) is 0 Å². The van der Waals surface area contributed by atoms with Crippen molar-refractivity contribution in [2.45, 2.75) is 37.5 Å². The molecule has 0 spiro atoms. The molecule has 10 nitrogen and oxygen atoms in total. The monoisotopic (exact) mass is 489 g/mol. The fourth-order valence-electron chi connectivity index (χ4n) is 5.68. The zero-order valence-electron chi connectivity index (χ0n) is 19.5. The van der Waals surface area contributed by atoms with Crippen LogP contribution in [0.2, 0.25) is 0 Å². The maximum atomic E-state index is 13.7. The van der Waals surface area contributed by atoms with Gasteiger partial charge in [0.05, 0.1) is 17.6 Å². The van der Waals surface area contributed by atoms with Crippen LogP contribution in [-0.4, -0.2) is 81.3 Å². The first-order chi connectivity index (χ1) is 16.4. The van der Waals surface area contributed by atoms with Crippen molar-refractivity contribution in [3.8, 4) is 5.75 Å². The molecule has 1 aromatic carbocycles. The van der Waals surface area contributed by atoms with Gasteiger partial charge in [0.1, 0.15) is 29.5 Å². The number of carbonyl (C=O) groups excluding carboxylic acids is 3. The molecule has 1 fully saturated rings. The number of nitrogens with two attached hydrogens (primary N) is 1. The Balaban J connectivity index is 1.94. The number of phenolic OH excluding ortho intramolecular Hbond substituents is 1. The molecule has 0 saturated heterocycles. The number of alkyl halides is 1. The summed E-state index contributed by atoms with van der Waals surface area (Å²) in [6, 6.07) is 1.12. The number of phenols is 1. The number of anilines is 1. The number of aliphatic hydroxyl groups excluding tert-OH is 2. The highest BCUT2D eigenvalue weighted by Gasteiger charge is 2.64. The molecule has 188 valence electrons. The van der Waals surface area contributed by atoms with Gasteiger partial charge in [-0.3, -0.25) is 19.3 Å². The predicted octanol–water partition coefficient (Wildman–Crippen LogP) is 0.734. The number of carbonyl (C=O) groups is 3. The zero-order chi connectivity index (χ0) is 26.0. The summed E-state index contributed by atoms with van der Waals surface area (Å²) >= 11 is 0. The van der Waals surface area contributed by atoms with Gasteiger partial charge in [0.25, 0.3) is 5.91 Å². The molecule has 1 saturated carbocycles. The number of hydrogen-bond acceptors (Lipinski definition) is 9.